The number of aliphatic imine (C=N–C) groups is 1. The smallest absolute Gasteiger partial charge is 0.416 e. The summed E-state index contributed by atoms with van der Waals surface area (Å²) >= 11 is 0. The molecular formula is C18H13F5N4O3. The lowest BCUT2D eigenvalue weighted by Crippen LogP contribution is -2.13. The van der Waals surface area contributed by atoms with Gasteiger partial charge in [-0.05, 0) is 24.3 Å². The van der Waals surface area contributed by atoms with E-state index in [-0.39, 0.29) is 41.5 Å². The molecule has 2 aromatic rings. The lowest BCUT2D eigenvalue weighted by atomic mass is 10.2. The predicted molar refractivity (Wildman–Crippen MR) is 98.2 cm³/mol. The molecule has 12 heteroatoms. The third-order valence-corrected chi connectivity index (χ3v) is 4.03. The van der Waals surface area contributed by atoms with Gasteiger partial charge >= 0.3 is 12.8 Å². The lowest BCUT2D eigenvalue weighted by molar-refractivity contribution is -0.384. The Hall–Kier alpha value is -3.57. The lowest BCUT2D eigenvalue weighted by Gasteiger charge is -2.15. The van der Waals surface area contributed by atoms with Crippen LogP contribution in [0.1, 0.15) is 17.5 Å². The van der Waals surface area contributed by atoms with Crippen LogP contribution in [-0.2, 0) is 6.18 Å². The molecule has 0 fully saturated rings. The fraction of sp³-hybridized carbons (Fsp3) is 0.222. The van der Waals surface area contributed by atoms with Crippen molar-refractivity contribution in [2.45, 2.75) is 19.2 Å². The molecule has 0 unspecified atom stereocenters. The first-order valence-electron chi connectivity index (χ1n) is 8.43. The summed E-state index contributed by atoms with van der Waals surface area (Å²) in [5.74, 6) is -0.102. The zero-order valence-corrected chi connectivity index (χ0v) is 15.0. The zero-order valence-electron chi connectivity index (χ0n) is 15.0. The van der Waals surface area contributed by atoms with Gasteiger partial charge in [-0.15, -0.1) is 0 Å². The first-order chi connectivity index (χ1) is 14.1. The van der Waals surface area contributed by atoms with Gasteiger partial charge in [0.25, 0.3) is 5.69 Å². The SMILES string of the molecule is O=[N+]([O-])c1ccc(OC(F)F)c(C=NC2=NN(c3cccc(C(F)(F)F)c3)CC2)c1. The maximum atomic E-state index is 12.9. The van der Waals surface area contributed by atoms with Gasteiger partial charge in [0, 0.05) is 36.9 Å². The largest absolute Gasteiger partial charge is 0.434 e. The van der Waals surface area contributed by atoms with Crippen LogP contribution in [-0.4, -0.2) is 30.1 Å². The Morgan fingerprint density at radius 3 is 2.67 bits per heavy atom. The summed E-state index contributed by atoms with van der Waals surface area (Å²) in [6, 6.07) is 7.66. The Bertz CT molecular complexity index is 1010. The fourth-order valence-electron chi connectivity index (χ4n) is 2.66. The van der Waals surface area contributed by atoms with E-state index in [0.717, 1.165) is 36.5 Å². The first-order valence-corrected chi connectivity index (χ1v) is 8.43. The number of halogens is 5. The van der Waals surface area contributed by atoms with Crippen LogP contribution in [0.5, 0.6) is 5.75 Å². The van der Waals surface area contributed by atoms with Crippen molar-refractivity contribution < 1.29 is 31.6 Å². The average Bonchev–Trinajstić information content (AvgIpc) is 3.15. The van der Waals surface area contributed by atoms with E-state index in [4.69, 9.17) is 0 Å². The normalized spacial score (nSPS) is 14.5. The van der Waals surface area contributed by atoms with Crippen molar-refractivity contribution >= 4 is 23.4 Å². The van der Waals surface area contributed by atoms with Gasteiger partial charge in [0.15, 0.2) is 5.84 Å². The Kier molecular flexibility index (Phi) is 5.94. The predicted octanol–water partition coefficient (Wildman–Crippen LogP) is 4.86. The molecule has 1 aliphatic heterocycles. The highest BCUT2D eigenvalue weighted by Crippen LogP contribution is 2.32. The molecule has 7 nitrogen and oxygen atoms in total. The third kappa shape index (κ3) is 5.07. The van der Waals surface area contributed by atoms with E-state index in [1.54, 1.807) is 0 Å². The molecule has 158 valence electrons. The van der Waals surface area contributed by atoms with E-state index >= 15 is 0 Å². The summed E-state index contributed by atoms with van der Waals surface area (Å²) in [7, 11) is 0. The van der Waals surface area contributed by atoms with E-state index in [1.807, 2.05) is 0 Å². The molecule has 0 amide bonds. The molecule has 30 heavy (non-hydrogen) atoms. The number of hydrogen-bond donors (Lipinski definition) is 0. The maximum Gasteiger partial charge on any atom is 0.416 e. The number of nitro groups is 1. The van der Waals surface area contributed by atoms with Crippen molar-refractivity contribution in [3.8, 4) is 5.75 Å². The highest BCUT2D eigenvalue weighted by molar-refractivity contribution is 5.97. The summed E-state index contributed by atoms with van der Waals surface area (Å²) in [5.41, 5.74) is -1.02. The number of non-ortho nitro benzene ring substituents is 1. The van der Waals surface area contributed by atoms with Gasteiger partial charge in [-0.1, -0.05) is 6.07 Å². The Balaban J connectivity index is 1.83. The molecule has 0 saturated heterocycles. The van der Waals surface area contributed by atoms with Gasteiger partial charge in [0.2, 0.25) is 0 Å². The quantitative estimate of drug-likeness (QED) is 0.295. The molecule has 0 N–H and O–H groups in total. The Morgan fingerprint density at radius 1 is 1.23 bits per heavy atom. The summed E-state index contributed by atoms with van der Waals surface area (Å²) in [5, 5.41) is 16.3. The summed E-state index contributed by atoms with van der Waals surface area (Å²) in [6.07, 6.45) is -3.14. The molecule has 0 saturated carbocycles. The minimum atomic E-state index is -4.50. The highest BCUT2D eigenvalue weighted by Gasteiger charge is 2.31. The number of nitro benzene ring substituents is 1. The number of alkyl halides is 5. The van der Waals surface area contributed by atoms with Gasteiger partial charge in [-0.25, -0.2) is 4.99 Å². The number of hydrogen-bond acceptors (Lipinski definition) is 6. The van der Waals surface area contributed by atoms with Crippen LogP contribution in [0.3, 0.4) is 0 Å². The van der Waals surface area contributed by atoms with Crippen LogP contribution < -0.4 is 9.75 Å². The van der Waals surface area contributed by atoms with Crippen molar-refractivity contribution in [2.75, 3.05) is 11.6 Å². The van der Waals surface area contributed by atoms with Crippen LogP contribution in [0.25, 0.3) is 0 Å². The van der Waals surface area contributed by atoms with Gasteiger partial charge < -0.3 is 4.74 Å². The topological polar surface area (TPSA) is 80.3 Å². The van der Waals surface area contributed by atoms with Crippen molar-refractivity contribution in [3.05, 3.63) is 63.7 Å². The molecule has 0 bridgehead atoms. The van der Waals surface area contributed by atoms with Crippen LogP contribution in [0.4, 0.5) is 33.3 Å². The number of nitrogens with zero attached hydrogens (tertiary/aromatic N) is 4. The van der Waals surface area contributed by atoms with Gasteiger partial charge in [0.05, 0.1) is 16.2 Å². The van der Waals surface area contributed by atoms with E-state index < -0.39 is 23.3 Å². The molecule has 2 aromatic carbocycles. The number of hydrazone groups is 1. The number of rotatable bonds is 5. The number of ether oxygens (including phenoxy) is 1. The van der Waals surface area contributed by atoms with Gasteiger partial charge in [-0.2, -0.15) is 27.1 Å². The molecular weight excluding hydrogens is 415 g/mol. The summed E-state index contributed by atoms with van der Waals surface area (Å²) in [4.78, 5) is 14.2. The van der Waals surface area contributed by atoms with Crippen LogP contribution in [0.15, 0.2) is 52.6 Å². The van der Waals surface area contributed by atoms with E-state index in [9.17, 15) is 32.1 Å². The second-order valence-electron chi connectivity index (χ2n) is 6.05. The standard InChI is InChI=1S/C18H13F5N4O3/c19-17(20)30-15-5-4-14(27(28)29)8-11(15)10-24-16-6-7-26(25-16)13-3-1-2-12(9-13)18(21,22)23/h1-5,8-10,17H,6-7H2. The second-order valence-corrected chi connectivity index (χ2v) is 6.05. The zero-order chi connectivity index (χ0) is 21.9. The molecule has 3 rings (SSSR count). The maximum absolute atomic E-state index is 12.9. The van der Waals surface area contributed by atoms with Crippen molar-refractivity contribution in [3.63, 3.8) is 0 Å². The van der Waals surface area contributed by atoms with Gasteiger partial charge in [-0.3, -0.25) is 15.1 Å². The van der Waals surface area contributed by atoms with Crippen LogP contribution in [0, 0.1) is 10.1 Å². The Morgan fingerprint density at radius 2 is 2.00 bits per heavy atom. The molecule has 0 spiro atoms. The Labute approximate surface area is 166 Å². The summed E-state index contributed by atoms with van der Waals surface area (Å²) in [6.45, 7) is -2.89. The minimum Gasteiger partial charge on any atom is -0.434 e. The number of anilines is 1. The van der Waals surface area contributed by atoms with Crippen LogP contribution >= 0.6 is 0 Å². The van der Waals surface area contributed by atoms with Gasteiger partial charge in [0.1, 0.15) is 5.75 Å². The number of benzene rings is 2. The third-order valence-electron chi connectivity index (χ3n) is 4.03. The molecule has 0 atom stereocenters. The second kappa shape index (κ2) is 8.43. The van der Waals surface area contributed by atoms with Crippen molar-refractivity contribution in [1.82, 2.24) is 0 Å². The van der Waals surface area contributed by atoms with E-state index in [2.05, 4.69) is 14.8 Å². The summed E-state index contributed by atoms with van der Waals surface area (Å²) < 4.78 is 68.0. The first kappa shape index (κ1) is 21.1. The molecule has 1 heterocycles. The molecule has 0 aliphatic carbocycles. The molecule has 0 aromatic heterocycles. The fourth-order valence-corrected chi connectivity index (χ4v) is 2.66. The molecule has 0 radical (unpaired) electrons. The van der Waals surface area contributed by atoms with Crippen molar-refractivity contribution in [1.29, 1.82) is 0 Å². The average molecular weight is 428 g/mol. The van der Waals surface area contributed by atoms with E-state index in [1.165, 1.54) is 17.1 Å². The van der Waals surface area contributed by atoms with Crippen molar-refractivity contribution in [2.24, 2.45) is 10.1 Å². The monoisotopic (exact) mass is 428 g/mol. The number of amidine groups is 1. The van der Waals surface area contributed by atoms with E-state index in [0.29, 0.717) is 0 Å². The minimum absolute atomic E-state index is 0.0651. The van der Waals surface area contributed by atoms with Crippen LogP contribution in [0.2, 0.25) is 0 Å². The highest BCUT2D eigenvalue weighted by atomic mass is 19.4. The molecule has 1 aliphatic rings.